The van der Waals surface area contributed by atoms with Gasteiger partial charge in [-0.25, -0.2) is 4.98 Å². The molecule has 1 aromatic carbocycles. The second kappa shape index (κ2) is 8.48. The molecule has 0 aliphatic carbocycles. The Morgan fingerprint density at radius 1 is 1.38 bits per heavy atom. The molecule has 134 valence electrons. The number of hydrogen-bond acceptors (Lipinski definition) is 6. The van der Waals surface area contributed by atoms with Crippen LogP contribution in [0.1, 0.15) is 5.69 Å². The first kappa shape index (κ1) is 18.6. The molecule has 2 heterocycles. The number of thiazole rings is 1. The van der Waals surface area contributed by atoms with E-state index in [4.69, 9.17) is 11.6 Å². The first-order valence-corrected chi connectivity index (χ1v) is 9.96. The van der Waals surface area contributed by atoms with E-state index in [9.17, 15) is 4.79 Å². The Balaban J connectivity index is 1.72. The number of allylic oxidation sites excluding steroid dienone is 1. The number of thioether (sulfide) groups is 1. The lowest BCUT2D eigenvalue weighted by Crippen LogP contribution is -2.14. The number of nitrogens with zero attached hydrogens (tertiary/aromatic N) is 4. The van der Waals surface area contributed by atoms with Gasteiger partial charge in [0.05, 0.1) is 11.4 Å². The summed E-state index contributed by atoms with van der Waals surface area (Å²) in [6.07, 6.45) is 1.77. The zero-order valence-electron chi connectivity index (χ0n) is 14.0. The highest BCUT2D eigenvalue weighted by molar-refractivity contribution is 7.99. The molecule has 3 aromatic rings. The number of nitrogens with one attached hydrogen (secondary N) is 1. The SMILES string of the molecule is C=CCn1c(SCC(=O)Nc2nc(C)cs2)nnc1-c1ccc(Cl)cc1. The molecule has 0 saturated heterocycles. The predicted molar refractivity (Wildman–Crippen MR) is 107 cm³/mol. The van der Waals surface area contributed by atoms with Crippen LogP contribution in [0.25, 0.3) is 11.4 Å². The van der Waals surface area contributed by atoms with E-state index >= 15 is 0 Å². The van der Waals surface area contributed by atoms with Gasteiger partial charge in [0.25, 0.3) is 0 Å². The van der Waals surface area contributed by atoms with Crippen molar-refractivity contribution in [3.05, 3.63) is 53.0 Å². The van der Waals surface area contributed by atoms with Gasteiger partial charge in [-0.3, -0.25) is 9.36 Å². The summed E-state index contributed by atoms with van der Waals surface area (Å²) in [5.74, 6) is 0.791. The molecule has 0 radical (unpaired) electrons. The number of carbonyl (C=O) groups is 1. The molecular formula is C17H16ClN5OS2. The molecular weight excluding hydrogens is 390 g/mol. The highest BCUT2D eigenvalue weighted by Gasteiger charge is 2.15. The van der Waals surface area contributed by atoms with Gasteiger partial charge in [-0.1, -0.05) is 29.4 Å². The number of halogens is 1. The third kappa shape index (κ3) is 4.51. The van der Waals surface area contributed by atoms with Gasteiger partial charge in [0.1, 0.15) is 0 Å². The third-order valence-corrected chi connectivity index (χ3v) is 5.42. The summed E-state index contributed by atoms with van der Waals surface area (Å²) in [6.45, 7) is 6.21. The molecule has 0 aliphatic heterocycles. The first-order valence-electron chi connectivity index (χ1n) is 7.71. The maximum absolute atomic E-state index is 12.1. The van der Waals surface area contributed by atoms with Gasteiger partial charge in [-0.15, -0.1) is 28.1 Å². The predicted octanol–water partition coefficient (Wildman–Crippen LogP) is 4.28. The zero-order valence-corrected chi connectivity index (χ0v) is 16.4. The van der Waals surface area contributed by atoms with E-state index < -0.39 is 0 Å². The number of aromatic nitrogens is 4. The van der Waals surface area contributed by atoms with E-state index in [0.29, 0.717) is 27.7 Å². The van der Waals surface area contributed by atoms with Gasteiger partial charge in [0.15, 0.2) is 16.1 Å². The van der Waals surface area contributed by atoms with Crippen molar-refractivity contribution in [2.24, 2.45) is 0 Å². The summed E-state index contributed by atoms with van der Waals surface area (Å²) in [5, 5.41) is 15.1. The van der Waals surface area contributed by atoms with Crippen molar-refractivity contribution in [3.63, 3.8) is 0 Å². The molecule has 2 aromatic heterocycles. The Morgan fingerprint density at radius 2 is 2.15 bits per heavy atom. The van der Waals surface area contributed by atoms with E-state index in [0.717, 1.165) is 11.3 Å². The van der Waals surface area contributed by atoms with Crippen LogP contribution in [0, 0.1) is 6.92 Å². The van der Waals surface area contributed by atoms with Crippen LogP contribution in [0.4, 0.5) is 5.13 Å². The lowest BCUT2D eigenvalue weighted by Gasteiger charge is -2.07. The number of carbonyl (C=O) groups excluding carboxylic acids is 1. The number of amides is 1. The summed E-state index contributed by atoms with van der Waals surface area (Å²) < 4.78 is 1.92. The molecule has 0 saturated carbocycles. The van der Waals surface area contributed by atoms with E-state index in [1.54, 1.807) is 18.2 Å². The van der Waals surface area contributed by atoms with Gasteiger partial charge < -0.3 is 5.32 Å². The van der Waals surface area contributed by atoms with E-state index in [-0.39, 0.29) is 11.7 Å². The fourth-order valence-electron chi connectivity index (χ4n) is 2.20. The number of rotatable bonds is 7. The van der Waals surface area contributed by atoms with Crippen LogP contribution in [-0.2, 0) is 11.3 Å². The summed E-state index contributed by atoms with van der Waals surface area (Å²) in [6, 6.07) is 7.38. The number of anilines is 1. The largest absolute Gasteiger partial charge is 0.301 e. The molecule has 9 heteroatoms. The van der Waals surface area contributed by atoms with Gasteiger partial charge in [-0.05, 0) is 31.2 Å². The molecule has 1 N–H and O–H groups in total. The molecule has 3 rings (SSSR count). The lowest BCUT2D eigenvalue weighted by atomic mass is 10.2. The second-order valence-corrected chi connectivity index (χ2v) is 7.58. The summed E-state index contributed by atoms with van der Waals surface area (Å²) in [4.78, 5) is 16.3. The number of benzene rings is 1. The van der Waals surface area contributed by atoms with Crippen molar-refractivity contribution in [1.82, 2.24) is 19.7 Å². The van der Waals surface area contributed by atoms with Crippen LogP contribution < -0.4 is 5.32 Å². The van der Waals surface area contributed by atoms with Crippen LogP contribution in [0.5, 0.6) is 0 Å². The molecule has 26 heavy (non-hydrogen) atoms. The lowest BCUT2D eigenvalue weighted by molar-refractivity contribution is -0.113. The van der Waals surface area contributed by atoms with Crippen molar-refractivity contribution in [1.29, 1.82) is 0 Å². The van der Waals surface area contributed by atoms with Gasteiger partial charge in [-0.2, -0.15) is 0 Å². The minimum absolute atomic E-state index is 0.134. The Bertz CT molecular complexity index is 920. The minimum atomic E-state index is -0.134. The van der Waals surface area contributed by atoms with Crippen LogP contribution in [0.3, 0.4) is 0 Å². The second-order valence-electron chi connectivity index (χ2n) is 5.34. The fourth-order valence-corrected chi connectivity index (χ4v) is 3.78. The standard InChI is InChI=1S/C17H16ClN5OS2/c1-3-8-23-15(12-4-6-13(18)7-5-12)21-22-17(23)26-10-14(24)20-16-19-11(2)9-25-16/h3-7,9H,1,8,10H2,2H3,(H,19,20,24). The highest BCUT2D eigenvalue weighted by atomic mass is 35.5. The molecule has 0 bridgehead atoms. The fraction of sp³-hybridized carbons (Fsp3) is 0.176. The Kier molecular flexibility index (Phi) is 6.08. The van der Waals surface area contributed by atoms with Gasteiger partial charge >= 0.3 is 0 Å². The van der Waals surface area contributed by atoms with Crippen molar-refractivity contribution >= 4 is 45.7 Å². The Labute approximate surface area is 164 Å². The normalized spacial score (nSPS) is 10.7. The monoisotopic (exact) mass is 405 g/mol. The average Bonchev–Trinajstić information content (AvgIpc) is 3.20. The summed E-state index contributed by atoms with van der Waals surface area (Å²) in [5.41, 5.74) is 1.79. The van der Waals surface area contributed by atoms with E-state index in [1.165, 1.54) is 23.1 Å². The van der Waals surface area contributed by atoms with Crippen LogP contribution >= 0.6 is 34.7 Å². The average molecular weight is 406 g/mol. The van der Waals surface area contributed by atoms with Crippen molar-refractivity contribution in [2.45, 2.75) is 18.6 Å². The highest BCUT2D eigenvalue weighted by Crippen LogP contribution is 2.25. The van der Waals surface area contributed by atoms with Crippen molar-refractivity contribution < 1.29 is 4.79 Å². The summed E-state index contributed by atoms with van der Waals surface area (Å²) in [7, 11) is 0. The smallest absolute Gasteiger partial charge is 0.236 e. The number of aryl methyl sites for hydroxylation is 1. The van der Waals surface area contributed by atoms with E-state index in [2.05, 4.69) is 27.1 Å². The molecule has 6 nitrogen and oxygen atoms in total. The first-order chi connectivity index (χ1) is 12.6. The molecule has 1 amide bonds. The van der Waals surface area contributed by atoms with Crippen LogP contribution in [0.15, 0.2) is 47.5 Å². The maximum atomic E-state index is 12.1. The van der Waals surface area contributed by atoms with E-state index in [1.807, 2.05) is 29.0 Å². The van der Waals surface area contributed by atoms with Crippen molar-refractivity contribution in [2.75, 3.05) is 11.1 Å². The molecule has 0 atom stereocenters. The third-order valence-electron chi connectivity index (χ3n) is 3.33. The maximum Gasteiger partial charge on any atom is 0.236 e. The van der Waals surface area contributed by atoms with Crippen LogP contribution in [0.2, 0.25) is 5.02 Å². The topological polar surface area (TPSA) is 72.7 Å². The Morgan fingerprint density at radius 3 is 2.81 bits per heavy atom. The molecule has 0 fully saturated rings. The number of hydrogen-bond donors (Lipinski definition) is 1. The Hall–Kier alpha value is -2.16. The van der Waals surface area contributed by atoms with Crippen molar-refractivity contribution in [3.8, 4) is 11.4 Å². The minimum Gasteiger partial charge on any atom is -0.301 e. The molecule has 0 aliphatic rings. The summed E-state index contributed by atoms with van der Waals surface area (Å²) >= 11 is 8.67. The quantitative estimate of drug-likeness (QED) is 0.469. The van der Waals surface area contributed by atoms with Crippen LogP contribution in [-0.4, -0.2) is 31.4 Å². The van der Waals surface area contributed by atoms with Gasteiger partial charge in [0.2, 0.25) is 5.91 Å². The van der Waals surface area contributed by atoms with Gasteiger partial charge in [0, 0.05) is 22.5 Å². The zero-order chi connectivity index (χ0) is 18.5. The molecule has 0 unspecified atom stereocenters. The molecule has 0 spiro atoms.